The van der Waals surface area contributed by atoms with Crippen molar-refractivity contribution in [2.24, 2.45) is 0 Å². The summed E-state index contributed by atoms with van der Waals surface area (Å²) in [5.74, 6) is 0. The standard InChI is InChI=1S/C14H11N3S/c18-14-9-13(11-5-4-8-15-10-11)16-17(14)12-6-2-1-3-7-12/h1-10,16H. The lowest BCUT2D eigenvalue weighted by Gasteiger charge is -2.02. The maximum Gasteiger partial charge on any atom is 0.128 e. The molecule has 2 aromatic heterocycles. The summed E-state index contributed by atoms with van der Waals surface area (Å²) in [4.78, 5) is 4.11. The predicted octanol–water partition coefficient (Wildman–Crippen LogP) is 3.60. The van der Waals surface area contributed by atoms with E-state index < -0.39 is 0 Å². The summed E-state index contributed by atoms with van der Waals surface area (Å²) >= 11 is 5.37. The van der Waals surface area contributed by atoms with Crippen LogP contribution in [0.4, 0.5) is 0 Å². The minimum absolute atomic E-state index is 0.750. The van der Waals surface area contributed by atoms with Crippen LogP contribution in [0.3, 0.4) is 0 Å². The Morgan fingerprint density at radius 3 is 2.61 bits per heavy atom. The maximum absolute atomic E-state index is 5.37. The molecular formula is C14H11N3S. The van der Waals surface area contributed by atoms with Gasteiger partial charge in [0.1, 0.15) is 4.64 Å². The number of aromatic amines is 1. The minimum Gasteiger partial charge on any atom is -0.292 e. The summed E-state index contributed by atoms with van der Waals surface area (Å²) in [5.41, 5.74) is 3.02. The van der Waals surface area contributed by atoms with Crippen LogP contribution in [-0.2, 0) is 0 Å². The van der Waals surface area contributed by atoms with Gasteiger partial charge in [-0.1, -0.05) is 30.4 Å². The molecule has 0 atom stereocenters. The molecule has 0 aliphatic rings. The van der Waals surface area contributed by atoms with Gasteiger partial charge in [0.25, 0.3) is 0 Å². The van der Waals surface area contributed by atoms with E-state index in [9.17, 15) is 0 Å². The molecule has 3 aromatic rings. The molecule has 0 aliphatic heterocycles. The fraction of sp³-hybridized carbons (Fsp3) is 0. The van der Waals surface area contributed by atoms with E-state index >= 15 is 0 Å². The van der Waals surface area contributed by atoms with Crippen LogP contribution >= 0.6 is 12.2 Å². The molecule has 1 N–H and O–H groups in total. The van der Waals surface area contributed by atoms with Crippen molar-refractivity contribution >= 4 is 12.2 Å². The SMILES string of the molecule is S=c1cc(-c2cccnc2)[nH]n1-c1ccccc1. The van der Waals surface area contributed by atoms with Gasteiger partial charge in [0.2, 0.25) is 0 Å². The van der Waals surface area contributed by atoms with E-state index in [4.69, 9.17) is 12.2 Å². The summed E-state index contributed by atoms with van der Waals surface area (Å²) in [5, 5.41) is 3.29. The second kappa shape index (κ2) is 4.58. The highest BCUT2D eigenvalue weighted by atomic mass is 32.1. The second-order valence-electron chi connectivity index (χ2n) is 3.92. The van der Waals surface area contributed by atoms with E-state index in [1.165, 1.54) is 0 Å². The van der Waals surface area contributed by atoms with E-state index in [-0.39, 0.29) is 0 Å². The number of hydrogen-bond acceptors (Lipinski definition) is 2. The predicted molar refractivity (Wildman–Crippen MR) is 74.2 cm³/mol. The summed E-state index contributed by atoms with van der Waals surface area (Å²) < 4.78 is 2.64. The number of H-pyrrole nitrogens is 1. The molecule has 18 heavy (non-hydrogen) atoms. The van der Waals surface area contributed by atoms with Gasteiger partial charge in [0.05, 0.1) is 11.4 Å². The third kappa shape index (κ3) is 1.98. The quantitative estimate of drug-likeness (QED) is 0.708. The van der Waals surface area contributed by atoms with Gasteiger partial charge in [-0.15, -0.1) is 0 Å². The lowest BCUT2D eigenvalue weighted by atomic mass is 10.2. The van der Waals surface area contributed by atoms with Crippen LogP contribution in [0.5, 0.6) is 0 Å². The van der Waals surface area contributed by atoms with Crippen molar-refractivity contribution in [1.82, 2.24) is 14.8 Å². The van der Waals surface area contributed by atoms with Crippen LogP contribution in [0.1, 0.15) is 0 Å². The molecule has 2 heterocycles. The second-order valence-corrected chi connectivity index (χ2v) is 4.34. The van der Waals surface area contributed by atoms with E-state index in [1.807, 2.05) is 59.4 Å². The minimum atomic E-state index is 0.750. The summed E-state index contributed by atoms with van der Waals surface area (Å²) in [6, 6.07) is 15.8. The molecule has 0 saturated carbocycles. The monoisotopic (exact) mass is 253 g/mol. The van der Waals surface area contributed by atoms with Crippen molar-refractivity contribution in [3.8, 4) is 16.9 Å². The molecule has 1 aromatic carbocycles. The Hall–Kier alpha value is -2.20. The highest BCUT2D eigenvalue weighted by Gasteiger charge is 2.04. The highest BCUT2D eigenvalue weighted by molar-refractivity contribution is 7.71. The van der Waals surface area contributed by atoms with Crippen LogP contribution in [0.15, 0.2) is 60.9 Å². The molecule has 4 heteroatoms. The van der Waals surface area contributed by atoms with Crippen molar-refractivity contribution in [3.63, 3.8) is 0 Å². The molecule has 88 valence electrons. The first-order valence-corrected chi connectivity index (χ1v) is 6.03. The molecule has 0 spiro atoms. The molecule has 0 aliphatic carbocycles. The summed E-state index contributed by atoms with van der Waals surface area (Å²) in [6.45, 7) is 0. The van der Waals surface area contributed by atoms with Crippen molar-refractivity contribution < 1.29 is 0 Å². The maximum atomic E-state index is 5.37. The van der Waals surface area contributed by atoms with Crippen molar-refractivity contribution in [1.29, 1.82) is 0 Å². The zero-order chi connectivity index (χ0) is 12.4. The Bertz CT molecular complexity index is 699. The molecular weight excluding hydrogens is 242 g/mol. The van der Waals surface area contributed by atoms with E-state index in [1.54, 1.807) is 6.20 Å². The van der Waals surface area contributed by atoms with Crippen LogP contribution in [-0.4, -0.2) is 14.8 Å². The van der Waals surface area contributed by atoms with Crippen LogP contribution in [0, 0.1) is 4.64 Å². The van der Waals surface area contributed by atoms with Gasteiger partial charge < -0.3 is 0 Å². The van der Waals surface area contributed by atoms with Gasteiger partial charge in [-0.2, -0.15) is 0 Å². The Labute approximate surface area is 110 Å². The van der Waals surface area contributed by atoms with Gasteiger partial charge in [-0.05, 0) is 24.3 Å². The average Bonchev–Trinajstić information content (AvgIpc) is 2.83. The third-order valence-corrected chi connectivity index (χ3v) is 3.01. The number of nitrogens with zero attached hydrogens (tertiary/aromatic N) is 2. The number of aromatic nitrogens is 3. The lowest BCUT2D eigenvalue weighted by Crippen LogP contribution is -1.95. The first kappa shape index (κ1) is 10.9. The van der Waals surface area contributed by atoms with Gasteiger partial charge in [-0.3, -0.25) is 10.1 Å². The van der Waals surface area contributed by atoms with Crippen LogP contribution in [0.2, 0.25) is 0 Å². The number of nitrogens with one attached hydrogen (secondary N) is 1. The van der Waals surface area contributed by atoms with Crippen molar-refractivity contribution in [2.45, 2.75) is 0 Å². The highest BCUT2D eigenvalue weighted by Crippen LogP contribution is 2.18. The summed E-state index contributed by atoms with van der Waals surface area (Å²) in [7, 11) is 0. The number of hydrogen-bond donors (Lipinski definition) is 1. The lowest BCUT2D eigenvalue weighted by molar-refractivity contribution is 0.872. The largest absolute Gasteiger partial charge is 0.292 e. The average molecular weight is 253 g/mol. The van der Waals surface area contributed by atoms with Gasteiger partial charge >= 0.3 is 0 Å². The smallest absolute Gasteiger partial charge is 0.128 e. The van der Waals surface area contributed by atoms with Gasteiger partial charge in [-0.25, -0.2) is 4.68 Å². The topological polar surface area (TPSA) is 33.6 Å². The Kier molecular flexibility index (Phi) is 2.78. The van der Waals surface area contributed by atoms with Crippen molar-refractivity contribution in [3.05, 3.63) is 65.6 Å². The van der Waals surface area contributed by atoms with Crippen LogP contribution in [0.25, 0.3) is 16.9 Å². The Morgan fingerprint density at radius 2 is 1.89 bits per heavy atom. The molecule has 3 rings (SSSR count). The normalized spacial score (nSPS) is 10.4. The van der Waals surface area contributed by atoms with Crippen molar-refractivity contribution in [2.75, 3.05) is 0 Å². The zero-order valence-electron chi connectivity index (χ0n) is 9.58. The van der Waals surface area contributed by atoms with E-state index in [0.29, 0.717) is 0 Å². The Balaban J connectivity index is 2.10. The fourth-order valence-electron chi connectivity index (χ4n) is 1.83. The third-order valence-electron chi connectivity index (χ3n) is 2.71. The molecule has 0 saturated heterocycles. The van der Waals surface area contributed by atoms with Gasteiger partial charge in [0, 0.05) is 24.0 Å². The van der Waals surface area contributed by atoms with E-state index in [2.05, 4.69) is 10.1 Å². The van der Waals surface area contributed by atoms with E-state index in [0.717, 1.165) is 21.6 Å². The molecule has 0 unspecified atom stereocenters. The Morgan fingerprint density at radius 1 is 1.06 bits per heavy atom. The molecule has 0 bridgehead atoms. The first-order valence-electron chi connectivity index (χ1n) is 5.62. The number of para-hydroxylation sites is 1. The molecule has 3 nitrogen and oxygen atoms in total. The first-order chi connectivity index (χ1) is 8.84. The number of pyridine rings is 1. The number of rotatable bonds is 2. The molecule has 0 fully saturated rings. The summed E-state index contributed by atoms with van der Waals surface area (Å²) in [6.07, 6.45) is 3.57. The zero-order valence-corrected chi connectivity index (χ0v) is 10.4. The van der Waals surface area contributed by atoms with Gasteiger partial charge in [0.15, 0.2) is 0 Å². The fourth-order valence-corrected chi connectivity index (χ4v) is 2.10. The molecule has 0 radical (unpaired) electrons. The number of benzene rings is 1. The van der Waals surface area contributed by atoms with Crippen LogP contribution < -0.4 is 0 Å². The molecule has 0 amide bonds.